The molecule has 0 saturated carbocycles. The van der Waals surface area contributed by atoms with E-state index in [1.54, 1.807) is 0 Å². The third-order valence-electron chi connectivity index (χ3n) is 1.52. The van der Waals surface area contributed by atoms with Crippen molar-refractivity contribution in [3.05, 3.63) is 0 Å². The predicted molar refractivity (Wildman–Crippen MR) is 43.2 cm³/mol. The number of nitrogens with one attached hydrogen (secondary N) is 1. The van der Waals surface area contributed by atoms with Crippen LogP contribution in [0.2, 0.25) is 0 Å². The Morgan fingerprint density at radius 2 is 1.85 bits per heavy atom. The second-order valence-corrected chi connectivity index (χ2v) is 5.06. The summed E-state index contributed by atoms with van der Waals surface area (Å²) in [7, 11) is -2.18. The van der Waals surface area contributed by atoms with Crippen molar-refractivity contribution in [2.24, 2.45) is 0 Å². The number of rotatable bonds is 4. The third kappa shape index (κ3) is 5.87. The molecule has 13 heavy (non-hydrogen) atoms. The monoisotopic (exact) mass is 219 g/mol. The van der Waals surface area contributed by atoms with Crippen LogP contribution in [0.3, 0.4) is 0 Å². The summed E-state index contributed by atoms with van der Waals surface area (Å²) in [6, 6.07) is -1.75. The molecule has 0 aromatic carbocycles. The van der Waals surface area contributed by atoms with E-state index in [2.05, 4.69) is 0 Å². The van der Waals surface area contributed by atoms with Gasteiger partial charge in [0.15, 0.2) is 0 Å². The van der Waals surface area contributed by atoms with E-state index >= 15 is 0 Å². The van der Waals surface area contributed by atoms with Crippen LogP contribution in [0.5, 0.6) is 0 Å². The average molecular weight is 219 g/mol. The molecule has 80 valence electrons. The van der Waals surface area contributed by atoms with Crippen LogP contribution in [-0.4, -0.2) is 39.7 Å². The molecule has 0 saturated heterocycles. The van der Waals surface area contributed by atoms with Crippen molar-refractivity contribution in [1.29, 1.82) is 0 Å². The topological polar surface area (TPSA) is 46.2 Å². The number of halogens is 3. The number of sulfone groups is 1. The smallest absolute Gasteiger partial charge is 0.309 e. The summed E-state index contributed by atoms with van der Waals surface area (Å²) in [5.41, 5.74) is 0. The van der Waals surface area contributed by atoms with E-state index in [1.165, 1.54) is 0 Å². The van der Waals surface area contributed by atoms with Crippen molar-refractivity contribution >= 4 is 9.84 Å². The molecule has 1 atom stereocenters. The zero-order chi connectivity index (χ0) is 10.7. The summed E-state index contributed by atoms with van der Waals surface area (Å²) in [4.78, 5) is 0. The molecule has 3 nitrogen and oxygen atoms in total. The molecule has 0 aliphatic rings. The van der Waals surface area contributed by atoms with Crippen LogP contribution >= 0.6 is 0 Å². The van der Waals surface area contributed by atoms with E-state index in [4.69, 9.17) is 0 Å². The quantitative estimate of drug-likeness (QED) is 0.752. The first-order chi connectivity index (χ1) is 5.67. The number of hydrogen-bond acceptors (Lipinski definition) is 3. The second kappa shape index (κ2) is 4.28. The van der Waals surface area contributed by atoms with Gasteiger partial charge in [-0.2, -0.15) is 13.2 Å². The van der Waals surface area contributed by atoms with E-state index < -0.39 is 34.2 Å². The lowest BCUT2D eigenvalue weighted by molar-refractivity contribution is -0.154. The highest BCUT2D eigenvalue weighted by Crippen LogP contribution is 2.22. The molecule has 7 heteroatoms. The lowest BCUT2D eigenvalue weighted by atomic mass is 10.2. The Hall–Kier alpha value is -0.300. The van der Waals surface area contributed by atoms with E-state index in [-0.39, 0.29) is 0 Å². The van der Waals surface area contributed by atoms with Gasteiger partial charge >= 0.3 is 6.18 Å². The fraction of sp³-hybridized carbons (Fsp3) is 1.00. The molecule has 0 rings (SSSR count). The molecule has 0 amide bonds. The number of alkyl halides is 3. The van der Waals surface area contributed by atoms with Gasteiger partial charge in [-0.15, -0.1) is 0 Å². The standard InChI is InChI=1S/C6H12F3NO2S/c1-10-5(6(7,8)9)3-4-13(2,11)12/h5,10H,3-4H2,1-2H3. The van der Waals surface area contributed by atoms with Gasteiger partial charge < -0.3 is 5.32 Å². The highest BCUT2D eigenvalue weighted by atomic mass is 32.2. The van der Waals surface area contributed by atoms with Crippen LogP contribution in [-0.2, 0) is 9.84 Å². The number of hydrogen-bond donors (Lipinski definition) is 1. The van der Waals surface area contributed by atoms with Crippen LogP contribution < -0.4 is 5.32 Å². The van der Waals surface area contributed by atoms with E-state index in [0.29, 0.717) is 0 Å². The molecular weight excluding hydrogens is 207 g/mol. The van der Waals surface area contributed by atoms with Gasteiger partial charge in [0.2, 0.25) is 0 Å². The van der Waals surface area contributed by atoms with Gasteiger partial charge in [0.05, 0.1) is 5.75 Å². The summed E-state index contributed by atoms with van der Waals surface area (Å²) in [6.07, 6.45) is -3.92. The predicted octanol–water partition coefficient (Wildman–Crippen LogP) is 0.571. The third-order valence-corrected chi connectivity index (χ3v) is 2.50. The first-order valence-electron chi connectivity index (χ1n) is 3.58. The van der Waals surface area contributed by atoms with Crippen molar-refractivity contribution in [1.82, 2.24) is 5.32 Å². The van der Waals surface area contributed by atoms with Gasteiger partial charge in [-0.1, -0.05) is 0 Å². The molecule has 0 fully saturated rings. The SMILES string of the molecule is CNC(CCS(C)(=O)=O)C(F)(F)F. The minimum Gasteiger partial charge on any atom is -0.309 e. The van der Waals surface area contributed by atoms with Crippen LogP contribution in [0.15, 0.2) is 0 Å². The van der Waals surface area contributed by atoms with E-state index in [9.17, 15) is 21.6 Å². The molecule has 1 N–H and O–H groups in total. The van der Waals surface area contributed by atoms with Gasteiger partial charge in [-0.25, -0.2) is 8.42 Å². The van der Waals surface area contributed by atoms with Crippen molar-refractivity contribution in [2.75, 3.05) is 19.1 Å². The van der Waals surface area contributed by atoms with Crippen molar-refractivity contribution in [2.45, 2.75) is 18.6 Å². The molecule has 0 heterocycles. The Balaban J connectivity index is 4.17. The van der Waals surface area contributed by atoms with Crippen molar-refractivity contribution in [3.63, 3.8) is 0 Å². The van der Waals surface area contributed by atoms with E-state index in [1.807, 2.05) is 5.32 Å². The summed E-state index contributed by atoms with van der Waals surface area (Å²) >= 11 is 0. The lowest BCUT2D eigenvalue weighted by Gasteiger charge is -2.18. The fourth-order valence-corrected chi connectivity index (χ4v) is 1.47. The van der Waals surface area contributed by atoms with Crippen LogP contribution in [0.1, 0.15) is 6.42 Å². The molecule has 0 aromatic rings. The molecule has 0 aliphatic heterocycles. The second-order valence-electron chi connectivity index (χ2n) is 2.80. The maximum atomic E-state index is 12.0. The first kappa shape index (κ1) is 12.7. The van der Waals surface area contributed by atoms with Gasteiger partial charge in [-0.05, 0) is 13.5 Å². The molecule has 0 bridgehead atoms. The highest BCUT2D eigenvalue weighted by Gasteiger charge is 2.38. The Labute approximate surface area is 75.2 Å². The van der Waals surface area contributed by atoms with Crippen LogP contribution in [0.25, 0.3) is 0 Å². The Kier molecular flexibility index (Phi) is 4.18. The maximum absolute atomic E-state index is 12.0. The van der Waals surface area contributed by atoms with Gasteiger partial charge in [-0.3, -0.25) is 0 Å². The lowest BCUT2D eigenvalue weighted by Crippen LogP contribution is -2.41. The zero-order valence-electron chi connectivity index (χ0n) is 7.35. The summed E-state index contributed by atoms with van der Waals surface area (Å²) in [5.74, 6) is -0.460. The summed E-state index contributed by atoms with van der Waals surface area (Å²) < 4.78 is 57.3. The van der Waals surface area contributed by atoms with Gasteiger partial charge in [0.25, 0.3) is 0 Å². The highest BCUT2D eigenvalue weighted by molar-refractivity contribution is 7.90. The Bertz CT molecular complexity index is 247. The first-order valence-corrected chi connectivity index (χ1v) is 5.64. The Morgan fingerprint density at radius 1 is 1.38 bits per heavy atom. The Morgan fingerprint density at radius 3 is 2.08 bits per heavy atom. The minimum absolute atomic E-state index is 0.446. The van der Waals surface area contributed by atoms with Gasteiger partial charge in [0, 0.05) is 6.26 Å². The fourth-order valence-electron chi connectivity index (χ4n) is 0.804. The molecule has 0 aromatic heterocycles. The molecule has 1 unspecified atom stereocenters. The largest absolute Gasteiger partial charge is 0.403 e. The maximum Gasteiger partial charge on any atom is 0.403 e. The van der Waals surface area contributed by atoms with Gasteiger partial charge in [0.1, 0.15) is 15.9 Å². The summed E-state index contributed by atoms with van der Waals surface area (Å²) in [5, 5.41) is 2.03. The van der Waals surface area contributed by atoms with E-state index in [0.717, 1.165) is 13.3 Å². The average Bonchev–Trinajstić information content (AvgIpc) is 1.82. The van der Waals surface area contributed by atoms with Crippen molar-refractivity contribution < 1.29 is 21.6 Å². The van der Waals surface area contributed by atoms with Crippen molar-refractivity contribution in [3.8, 4) is 0 Å². The summed E-state index contributed by atoms with van der Waals surface area (Å²) in [6.45, 7) is 0. The minimum atomic E-state index is -4.39. The molecule has 0 radical (unpaired) electrons. The van der Waals surface area contributed by atoms with Crippen LogP contribution in [0.4, 0.5) is 13.2 Å². The molecular formula is C6H12F3NO2S. The zero-order valence-corrected chi connectivity index (χ0v) is 8.17. The normalized spacial score (nSPS) is 15.8. The van der Waals surface area contributed by atoms with Crippen LogP contribution in [0, 0.1) is 0 Å². The molecule has 0 spiro atoms. The molecule has 0 aliphatic carbocycles.